The average molecular weight is 381 g/mol. The van der Waals surface area contributed by atoms with Crippen LogP contribution in [-0.4, -0.2) is 48.5 Å². The molecule has 1 aliphatic heterocycles. The molecule has 1 aromatic rings. The summed E-state index contributed by atoms with van der Waals surface area (Å²) in [5, 5.41) is 0. The summed E-state index contributed by atoms with van der Waals surface area (Å²) in [6.07, 6.45) is 2.61. The highest BCUT2D eigenvalue weighted by atomic mass is 32.2. The number of hydrogen-bond donors (Lipinski definition) is 0. The lowest BCUT2D eigenvalue weighted by atomic mass is 10.2. The summed E-state index contributed by atoms with van der Waals surface area (Å²) in [7, 11) is 2.83. The molecular weight excluding hydrogens is 362 g/mol. The summed E-state index contributed by atoms with van der Waals surface area (Å²) < 4.78 is 15.9. The van der Waals surface area contributed by atoms with Crippen molar-refractivity contribution in [1.82, 2.24) is 4.90 Å². The predicted molar refractivity (Wildman–Crippen MR) is 101 cm³/mol. The van der Waals surface area contributed by atoms with E-state index < -0.39 is 5.97 Å². The van der Waals surface area contributed by atoms with Crippen LogP contribution in [0.2, 0.25) is 0 Å². The van der Waals surface area contributed by atoms with E-state index in [1.807, 2.05) is 13.0 Å². The first-order chi connectivity index (χ1) is 12.0. The molecule has 0 N–H and O–H groups in total. The lowest BCUT2D eigenvalue weighted by molar-refractivity contribution is -0.143. The molecule has 0 atom stereocenters. The van der Waals surface area contributed by atoms with Gasteiger partial charge in [0.05, 0.1) is 25.7 Å². The largest absolute Gasteiger partial charge is 0.493 e. The Balaban J connectivity index is 2.21. The van der Waals surface area contributed by atoms with Gasteiger partial charge in [-0.05, 0) is 30.2 Å². The van der Waals surface area contributed by atoms with Gasteiger partial charge in [-0.1, -0.05) is 37.0 Å². The zero-order valence-corrected chi connectivity index (χ0v) is 15.9. The Morgan fingerprint density at radius 2 is 2.08 bits per heavy atom. The van der Waals surface area contributed by atoms with Gasteiger partial charge in [0, 0.05) is 0 Å². The van der Waals surface area contributed by atoms with Gasteiger partial charge in [0.15, 0.2) is 11.5 Å². The number of amides is 1. The second-order valence-corrected chi connectivity index (χ2v) is 6.78. The molecule has 2 rings (SSSR count). The van der Waals surface area contributed by atoms with E-state index in [9.17, 15) is 9.59 Å². The Labute approximate surface area is 156 Å². The Hall–Kier alpha value is -2.06. The maximum Gasteiger partial charge on any atom is 0.325 e. The molecule has 0 saturated carbocycles. The van der Waals surface area contributed by atoms with Crippen LogP contribution in [-0.2, 0) is 14.3 Å². The molecular formula is C17H19NO5S2. The van der Waals surface area contributed by atoms with Crippen LogP contribution in [0.3, 0.4) is 0 Å². The summed E-state index contributed by atoms with van der Waals surface area (Å²) in [6, 6.07) is 5.42. The maximum absolute atomic E-state index is 12.4. The van der Waals surface area contributed by atoms with E-state index in [1.165, 1.54) is 12.0 Å². The van der Waals surface area contributed by atoms with Crippen LogP contribution in [0, 0.1) is 0 Å². The number of benzene rings is 1. The molecule has 1 saturated heterocycles. The molecule has 134 valence electrons. The zero-order chi connectivity index (χ0) is 18.4. The van der Waals surface area contributed by atoms with Gasteiger partial charge < -0.3 is 14.2 Å². The van der Waals surface area contributed by atoms with E-state index in [1.54, 1.807) is 25.3 Å². The van der Waals surface area contributed by atoms with E-state index >= 15 is 0 Å². The van der Waals surface area contributed by atoms with Crippen molar-refractivity contribution in [1.29, 1.82) is 0 Å². The minimum absolute atomic E-state index is 0.189. The Kier molecular flexibility index (Phi) is 6.83. The van der Waals surface area contributed by atoms with Crippen molar-refractivity contribution in [2.45, 2.75) is 13.3 Å². The van der Waals surface area contributed by atoms with Crippen molar-refractivity contribution < 1.29 is 23.8 Å². The third kappa shape index (κ3) is 4.73. The summed E-state index contributed by atoms with van der Waals surface area (Å²) >= 11 is 6.32. The van der Waals surface area contributed by atoms with Gasteiger partial charge in [-0.2, -0.15) is 0 Å². The summed E-state index contributed by atoms with van der Waals surface area (Å²) in [4.78, 5) is 25.5. The number of rotatable bonds is 7. The molecule has 8 heteroatoms. The van der Waals surface area contributed by atoms with Crippen LogP contribution >= 0.6 is 24.0 Å². The molecule has 1 heterocycles. The topological polar surface area (TPSA) is 65.1 Å². The van der Waals surface area contributed by atoms with Crippen LogP contribution in [0.25, 0.3) is 6.08 Å². The molecule has 0 spiro atoms. The van der Waals surface area contributed by atoms with Crippen LogP contribution in [0.1, 0.15) is 18.9 Å². The molecule has 25 heavy (non-hydrogen) atoms. The van der Waals surface area contributed by atoms with Gasteiger partial charge in [-0.15, -0.1) is 0 Å². The quantitative estimate of drug-likeness (QED) is 0.409. The number of methoxy groups -OCH3 is 2. The number of thioether (sulfide) groups is 1. The van der Waals surface area contributed by atoms with Gasteiger partial charge in [0.2, 0.25) is 0 Å². The second kappa shape index (κ2) is 8.87. The number of ether oxygens (including phenoxy) is 3. The molecule has 0 radical (unpaired) electrons. The third-order valence-corrected chi connectivity index (χ3v) is 4.71. The fraction of sp³-hybridized carbons (Fsp3) is 0.353. The summed E-state index contributed by atoms with van der Waals surface area (Å²) in [5.41, 5.74) is 0.777. The van der Waals surface area contributed by atoms with Crippen LogP contribution < -0.4 is 9.47 Å². The smallest absolute Gasteiger partial charge is 0.325 e. The van der Waals surface area contributed by atoms with E-state index in [4.69, 9.17) is 21.7 Å². The lowest BCUT2D eigenvalue weighted by Crippen LogP contribution is -2.33. The van der Waals surface area contributed by atoms with Gasteiger partial charge >= 0.3 is 5.97 Å². The van der Waals surface area contributed by atoms with Crippen molar-refractivity contribution in [3.05, 3.63) is 28.7 Å². The molecule has 1 fully saturated rings. The van der Waals surface area contributed by atoms with Crippen molar-refractivity contribution in [3.63, 3.8) is 0 Å². The molecule has 1 aliphatic rings. The monoisotopic (exact) mass is 381 g/mol. The lowest BCUT2D eigenvalue weighted by Gasteiger charge is -2.12. The first-order valence-electron chi connectivity index (χ1n) is 7.63. The first-order valence-corrected chi connectivity index (χ1v) is 8.85. The van der Waals surface area contributed by atoms with Gasteiger partial charge in [-0.25, -0.2) is 0 Å². The molecule has 0 bridgehead atoms. The highest BCUT2D eigenvalue weighted by molar-refractivity contribution is 8.26. The van der Waals surface area contributed by atoms with E-state index in [0.717, 1.165) is 23.7 Å². The SMILES string of the molecule is CCCOc1ccc(/C=C2\SC(=S)N(CC(=O)OC)C2=O)cc1OC. The summed E-state index contributed by atoms with van der Waals surface area (Å²) in [6.45, 7) is 2.44. The van der Waals surface area contributed by atoms with Crippen molar-refractivity contribution in [3.8, 4) is 11.5 Å². The molecule has 1 amide bonds. The number of nitrogens with zero attached hydrogens (tertiary/aromatic N) is 1. The molecule has 6 nitrogen and oxygen atoms in total. The number of carbonyl (C=O) groups excluding carboxylic acids is 2. The van der Waals surface area contributed by atoms with Crippen LogP contribution in [0.15, 0.2) is 23.1 Å². The fourth-order valence-electron chi connectivity index (χ4n) is 2.09. The molecule has 1 aromatic carbocycles. The minimum Gasteiger partial charge on any atom is -0.493 e. The second-order valence-electron chi connectivity index (χ2n) is 5.10. The molecule has 0 unspecified atom stereocenters. The van der Waals surface area contributed by atoms with Crippen LogP contribution in [0.5, 0.6) is 11.5 Å². The van der Waals surface area contributed by atoms with Crippen LogP contribution in [0.4, 0.5) is 0 Å². The third-order valence-electron chi connectivity index (χ3n) is 3.34. The van der Waals surface area contributed by atoms with Gasteiger partial charge in [-0.3, -0.25) is 14.5 Å². The average Bonchev–Trinajstić information content (AvgIpc) is 2.87. The Morgan fingerprint density at radius 1 is 1.32 bits per heavy atom. The highest BCUT2D eigenvalue weighted by Crippen LogP contribution is 2.34. The van der Waals surface area contributed by atoms with Gasteiger partial charge in [0.1, 0.15) is 10.9 Å². The first kappa shape index (κ1) is 19.3. The Bertz CT molecular complexity index is 717. The fourth-order valence-corrected chi connectivity index (χ4v) is 3.34. The Morgan fingerprint density at radius 3 is 2.72 bits per heavy atom. The maximum atomic E-state index is 12.4. The summed E-state index contributed by atoms with van der Waals surface area (Å²) in [5.74, 6) is 0.411. The predicted octanol–water partition coefficient (Wildman–Crippen LogP) is 2.86. The number of thiocarbonyl (C=S) groups is 1. The van der Waals surface area contributed by atoms with Crippen molar-refractivity contribution >= 4 is 46.3 Å². The number of esters is 1. The van der Waals surface area contributed by atoms with E-state index in [2.05, 4.69) is 4.74 Å². The standard InChI is InChI=1S/C17H19NO5S2/c1-4-7-23-12-6-5-11(8-13(12)21-2)9-14-16(20)18(17(24)25-14)10-15(19)22-3/h5-6,8-9H,4,7,10H2,1-3H3/b14-9-. The van der Waals surface area contributed by atoms with Crippen molar-refractivity contribution in [2.24, 2.45) is 0 Å². The molecule has 0 aliphatic carbocycles. The van der Waals surface area contributed by atoms with Crippen molar-refractivity contribution in [2.75, 3.05) is 27.4 Å². The zero-order valence-electron chi connectivity index (χ0n) is 14.2. The number of carbonyl (C=O) groups is 2. The number of hydrogen-bond acceptors (Lipinski definition) is 7. The normalized spacial score (nSPS) is 15.6. The minimum atomic E-state index is -0.517. The highest BCUT2D eigenvalue weighted by Gasteiger charge is 2.33. The van der Waals surface area contributed by atoms with E-state index in [-0.39, 0.29) is 12.5 Å². The van der Waals surface area contributed by atoms with Gasteiger partial charge in [0.25, 0.3) is 5.91 Å². The van der Waals surface area contributed by atoms with E-state index in [0.29, 0.717) is 27.3 Å². The molecule has 0 aromatic heterocycles.